The number of rotatable bonds is 7. The lowest BCUT2D eigenvalue weighted by molar-refractivity contribution is 0.129. The molecular weight excluding hydrogens is 500 g/mol. The van der Waals surface area contributed by atoms with E-state index in [4.69, 9.17) is 11.6 Å². The van der Waals surface area contributed by atoms with Gasteiger partial charge in [-0.05, 0) is 54.3 Å². The standard InChI is InChI=1S/C31H31ClN2O2S/c1-24-12-17-31(32)30(20-24)27-15-13-26(14-16-27)22-33-18-19-34(37(35,36)29-10-6-3-7-11-29)28(23-33)21-25-8-4-2-5-9-25/h2-17,20,28H,18-19,21-23H2,1H3/t28-/m1/s1. The average molecular weight is 531 g/mol. The van der Waals surface area contributed by atoms with Gasteiger partial charge in [-0.2, -0.15) is 4.31 Å². The lowest BCUT2D eigenvalue weighted by Gasteiger charge is -2.40. The Balaban J connectivity index is 1.35. The molecule has 1 aliphatic rings. The zero-order valence-electron chi connectivity index (χ0n) is 20.9. The summed E-state index contributed by atoms with van der Waals surface area (Å²) < 4.78 is 28.8. The first kappa shape index (κ1) is 25.7. The zero-order chi connectivity index (χ0) is 25.8. The summed E-state index contributed by atoms with van der Waals surface area (Å²) in [6, 6.07) is 33.4. The van der Waals surface area contributed by atoms with E-state index in [9.17, 15) is 8.42 Å². The molecule has 0 radical (unpaired) electrons. The smallest absolute Gasteiger partial charge is 0.243 e. The first-order valence-electron chi connectivity index (χ1n) is 12.6. The first-order chi connectivity index (χ1) is 17.9. The van der Waals surface area contributed by atoms with Gasteiger partial charge in [0.2, 0.25) is 10.0 Å². The van der Waals surface area contributed by atoms with Gasteiger partial charge in [0.15, 0.2) is 0 Å². The van der Waals surface area contributed by atoms with Crippen LogP contribution >= 0.6 is 11.6 Å². The normalized spacial score (nSPS) is 17.1. The van der Waals surface area contributed by atoms with Crippen molar-refractivity contribution in [2.24, 2.45) is 0 Å². The molecule has 4 aromatic rings. The minimum atomic E-state index is -3.58. The molecule has 0 saturated carbocycles. The van der Waals surface area contributed by atoms with E-state index in [1.54, 1.807) is 28.6 Å². The van der Waals surface area contributed by atoms with Gasteiger partial charge in [0.1, 0.15) is 0 Å². The fourth-order valence-corrected chi connectivity index (χ4v) is 6.91. The van der Waals surface area contributed by atoms with Crippen LogP contribution < -0.4 is 0 Å². The molecule has 1 aliphatic heterocycles. The summed E-state index contributed by atoms with van der Waals surface area (Å²) in [7, 11) is -3.58. The summed E-state index contributed by atoms with van der Waals surface area (Å²) in [5.74, 6) is 0. The average Bonchev–Trinajstić information content (AvgIpc) is 2.92. The molecule has 0 N–H and O–H groups in total. The van der Waals surface area contributed by atoms with E-state index in [0.717, 1.165) is 28.3 Å². The van der Waals surface area contributed by atoms with Gasteiger partial charge in [0.25, 0.3) is 0 Å². The summed E-state index contributed by atoms with van der Waals surface area (Å²) in [5, 5.41) is 0.748. The van der Waals surface area contributed by atoms with Crippen LogP contribution in [0.2, 0.25) is 5.02 Å². The van der Waals surface area contributed by atoms with Crippen molar-refractivity contribution in [3.05, 3.63) is 125 Å². The Labute approximate surface area is 225 Å². The van der Waals surface area contributed by atoms with Gasteiger partial charge in [-0.3, -0.25) is 4.90 Å². The third-order valence-corrected chi connectivity index (χ3v) is 9.27. The molecule has 0 unspecified atom stereocenters. The van der Waals surface area contributed by atoms with E-state index >= 15 is 0 Å². The van der Waals surface area contributed by atoms with Crippen LogP contribution in [0, 0.1) is 6.92 Å². The van der Waals surface area contributed by atoms with E-state index in [1.807, 2.05) is 36.4 Å². The van der Waals surface area contributed by atoms with Crippen LogP contribution in [0.25, 0.3) is 11.1 Å². The van der Waals surface area contributed by atoms with Gasteiger partial charge in [0, 0.05) is 42.8 Å². The summed E-state index contributed by atoms with van der Waals surface area (Å²) in [6.45, 7) is 4.66. The maximum Gasteiger partial charge on any atom is 0.243 e. The molecular formula is C31H31ClN2O2S. The number of aryl methyl sites for hydroxylation is 1. The predicted molar refractivity (Wildman–Crippen MR) is 151 cm³/mol. The van der Waals surface area contributed by atoms with Gasteiger partial charge in [-0.25, -0.2) is 8.42 Å². The molecule has 0 aromatic heterocycles. The third-order valence-electron chi connectivity index (χ3n) is 6.97. The molecule has 1 fully saturated rings. The highest BCUT2D eigenvalue weighted by Crippen LogP contribution is 2.30. The summed E-state index contributed by atoms with van der Waals surface area (Å²) in [6.07, 6.45) is 0.675. The molecule has 0 spiro atoms. The van der Waals surface area contributed by atoms with Crippen molar-refractivity contribution in [2.75, 3.05) is 19.6 Å². The molecule has 190 valence electrons. The summed E-state index contributed by atoms with van der Waals surface area (Å²) in [4.78, 5) is 2.71. The molecule has 0 bridgehead atoms. The molecule has 0 aliphatic carbocycles. The minimum Gasteiger partial charge on any atom is -0.296 e. The number of hydrogen-bond acceptors (Lipinski definition) is 3. The van der Waals surface area contributed by atoms with Crippen LogP contribution in [0.5, 0.6) is 0 Å². The van der Waals surface area contributed by atoms with Crippen LogP contribution in [-0.2, 0) is 23.0 Å². The lowest BCUT2D eigenvalue weighted by atomic mass is 10.0. The lowest BCUT2D eigenvalue weighted by Crippen LogP contribution is -2.55. The van der Waals surface area contributed by atoms with Crippen molar-refractivity contribution < 1.29 is 8.42 Å². The van der Waals surface area contributed by atoms with E-state index in [0.29, 0.717) is 31.0 Å². The molecule has 0 amide bonds. The van der Waals surface area contributed by atoms with E-state index in [2.05, 4.69) is 54.3 Å². The Kier molecular flexibility index (Phi) is 7.77. The quantitative estimate of drug-likeness (QED) is 0.276. The number of halogens is 1. The Bertz CT molecular complexity index is 1440. The number of hydrogen-bond donors (Lipinski definition) is 0. The Morgan fingerprint density at radius 2 is 1.49 bits per heavy atom. The van der Waals surface area contributed by atoms with Crippen molar-refractivity contribution in [1.82, 2.24) is 9.21 Å². The molecule has 1 saturated heterocycles. The monoisotopic (exact) mass is 530 g/mol. The number of benzene rings is 4. The Hall–Kier alpha value is -2.96. The molecule has 4 aromatic carbocycles. The second-order valence-corrected chi connectivity index (χ2v) is 12.0. The second kappa shape index (κ2) is 11.2. The second-order valence-electron chi connectivity index (χ2n) is 9.69. The van der Waals surface area contributed by atoms with Crippen LogP contribution in [0.4, 0.5) is 0 Å². The zero-order valence-corrected chi connectivity index (χ0v) is 22.5. The van der Waals surface area contributed by atoms with Crippen LogP contribution in [0.1, 0.15) is 16.7 Å². The van der Waals surface area contributed by atoms with E-state index in [-0.39, 0.29) is 6.04 Å². The summed E-state index contributed by atoms with van der Waals surface area (Å²) in [5.41, 5.74) is 5.65. The molecule has 5 rings (SSSR count). The summed E-state index contributed by atoms with van der Waals surface area (Å²) >= 11 is 6.44. The third kappa shape index (κ3) is 5.97. The Morgan fingerprint density at radius 1 is 0.811 bits per heavy atom. The van der Waals surface area contributed by atoms with Crippen LogP contribution in [0.15, 0.2) is 108 Å². The maximum absolute atomic E-state index is 13.6. The van der Waals surface area contributed by atoms with Crippen LogP contribution in [-0.4, -0.2) is 43.3 Å². The predicted octanol–water partition coefficient (Wildman–Crippen LogP) is 6.43. The fraction of sp³-hybridized carbons (Fsp3) is 0.226. The highest BCUT2D eigenvalue weighted by Gasteiger charge is 2.36. The Morgan fingerprint density at radius 3 is 2.19 bits per heavy atom. The van der Waals surface area contributed by atoms with E-state index < -0.39 is 10.0 Å². The topological polar surface area (TPSA) is 40.6 Å². The largest absolute Gasteiger partial charge is 0.296 e. The first-order valence-corrected chi connectivity index (χ1v) is 14.4. The molecule has 6 heteroatoms. The van der Waals surface area contributed by atoms with Crippen molar-refractivity contribution in [1.29, 1.82) is 0 Å². The maximum atomic E-state index is 13.6. The highest BCUT2D eigenvalue weighted by molar-refractivity contribution is 7.89. The minimum absolute atomic E-state index is 0.147. The fourth-order valence-electron chi connectivity index (χ4n) is 5.05. The molecule has 37 heavy (non-hydrogen) atoms. The van der Waals surface area contributed by atoms with Gasteiger partial charge in [-0.1, -0.05) is 96.0 Å². The number of piperazine rings is 1. The van der Waals surface area contributed by atoms with Gasteiger partial charge < -0.3 is 0 Å². The number of sulfonamides is 1. The highest BCUT2D eigenvalue weighted by atomic mass is 35.5. The van der Waals surface area contributed by atoms with Crippen LogP contribution in [0.3, 0.4) is 0 Å². The van der Waals surface area contributed by atoms with Crippen molar-refractivity contribution in [3.8, 4) is 11.1 Å². The molecule has 4 nitrogen and oxygen atoms in total. The van der Waals surface area contributed by atoms with Gasteiger partial charge in [0.05, 0.1) is 4.90 Å². The van der Waals surface area contributed by atoms with Crippen molar-refractivity contribution in [2.45, 2.75) is 30.8 Å². The number of nitrogens with zero attached hydrogens (tertiary/aromatic N) is 2. The SMILES string of the molecule is Cc1ccc(Cl)c(-c2ccc(CN3CCN(S(=O)(=O)c4ccccc4)[C@H](Cc4ccccc4)C3)cc2)c1. The van der Waals surface area contributed by atoms with E-state index in [1.165, 1.54) is 11.1 Å². The molecule has 1 heterocycles. The molecule has 1 atom stereocenters. The van der Waals surface area contributed by atoms with Crippen molar-refractivity contribution >= 4 is 21.6 Å². The van der Waals surface area contributed by atoms with Gasteiger partial charge in [-0.15, -0.1) is 0 Å². The van der Waals surface area contributed by atoms with Gasteiger partial charge >= 0.3 is 0 Å². The van der Waals surface area contributed by atoms with Crippen molar-refractivity contribution in [3.63, 3.8) is 0 Å².